The first-order valence-electron chi connectivity index (χ1n) is 7.47. The van der Waals surface area contributed by atoms with E-state index in [9.17, 15) is 15.2 Å². The second-order valence-corrected chi connectivity index (χ2v) is 7.73. The highest BCUT2D eigenvalue weighted by atomic mass is 79.9. The van der Waals surface area contributed by atoms with E-state index in [4.69, 9.17) is 11.6 Å². The van der Waals surface area contributed by atoms with Crippen LogP contribution in [-0.2, 0) is 0 Å². The van der Waals surface area contributed by atoms with Crippen LogP contribution in [0.2, 0.25) is 5.02 Å². The molecule has 0 bridgehead atoms. The van der Waals surface area contributed by atoms with Gasteiger partial charge in [-0.2, -0.15) is 0 Å². The molecule has 26 heavy (non-hydrogen) atoms. The molecule has 0 aliphatic carbocycles. The molecule has 2 amide bonds. The average Bonchev–Trinajstić information content (AvgIpc) is 3.04. The highest BCUT2D eigenvalue weighted by Crippen LogP contribution is 2.48. The molecule has 0 radical (unpaired) electrons. The minimum atomic E-state index is -2.22. The molecule has 3 aromatic carbocycles. The van der Waals surface area contributed by atoms with Crippen molar-refractivity contribution >= 4 is 73.3 Å². The second kappa shape index (κ2) is 6.41. The Kier molecular flexibility index (Phi) is 4.34. The van der Waals surface area contributed by atoms with Crippen LogP contribution in [0.1, 0.15) is 0 Å². The van der Waals surface area contributed by atoms with Crippen LogP contribution < -0.4 is 14.8 Å². The van der Waals surface area contributed by atoms with Crippen molar-refractivity contribution in [1.82, 2.24) is 4.81 Å². The van der Waals surface area contributed by atoms with Crippen LogP contribution in [0.4, 0.5) is 21.9 Å². The average molecular weight is 453 g/mol. The van der Waals surface area contributed by atoms with Gasteiger partial charge in [0.15, 0.2) is 5.69 Å². The molecular formula is C17H11BrClN3O3S. The topological polar surface area (TPSA) is 84.4 Å². The molecule has 0 saturated heterocycles. The van der Waals surface area contributed by atoms with Crippen molar-refractivity contribution in [3.63, 3.8) is 0 Å². The lowest BCUT2D eigenvalue weighted by molar-refractivity contribution is 0.0163. The van der Waals surface area contributed by atoms with E-state index in [1.165, 1.54) is 18.0 Å². The molecule has 0 aromatic heterocycles. The summed E-state index contributed by atoms with van der Waals surface area (Å²) < 4.78 is 3.43. The summed E-state index contributed by atoms with van der Waals surface area (Å²) in [7, 11) is 0. The van der Waals surface area contributed by atoms with Crippen molar-refractivity contribution in [2.24, 2.45) is 0 Å². The van der Waals surface area contributed by atoms with Crippen LogP contribution in [0.5, 0.6) is 0 Å². The Morgan fingerprint density at radius 2 is 2.04 bits per heavy atom. The Balaban J connectivity index is 1.76. The van der Waals surface area contributed by atoms with Gasteiger partial charge < -0.3 is 9.93 Å². The van der Waals surface area contributed by atoms with Gasteiger partial charge in [-0.1, -0.05) is 40.7 Å². The van der Waals surface area contributed by atoms with E-state index in [-0.39, 0.29) is 16.4 Å². The van der Waals surface area contributed by atoms with Gasteiger partial charge >= 0.3 is 6.03 Å². The fourth-order valence-corrected chi connectivity index (χ4v) is 4.46. The number of nitrogens with zero attached hydrogens (tertiary/aromatic N) is 1. The number of amides is 2. The molecule has 1 aliphatic heterocycles. The minimum absolute atomic E-state index is 0.138. The molecule has 0 fully saturated rings. The number of carbonyl (C=O) groups excluding carboxylic acids is 1. The van der Waals surface area contributed by atoms with Crippen molar-refractivity contribution in [1.29, 1.82) is 0 Å². The number of quaternary nitrogens is 1. The largest absolute Gasteiger partial charge is 0.584 e. The fourth-order valence-electron chi connectivity index (χ4n) is 2.79. The summed E-state index contributed by atoms with van der Waals surface area (Å²) in [4.78, 5) is 11.3. The summed E-state index contributed by atoms with van der Waals surface area (Å²) in [6, 6.07) is 12.5. The molecule has 3 aromatic rings. The lowest BCUT2D eigenvalue weighted by atomic mass is 10.1. The minimum Gasteiger partial charge on any atom is -0.584 e. The Labute approximate surface area is 166 Å². The van der Waals surface area contributed by atoms with Crippen LogP contribution in [-0.4, -0.2) is 11.2 Å². The lowest BCUT2D eigenvalue weighted by Crippen LogP contribution is -2.48. The number of anilines is 2. The van der Waals surface area contributed by atoms with Gasteiger partial charge in [-0.15, -0.1) is 0 Å². The zero-order valence-corrected chi connectivity index (χ0v) is 16.2. The van der Waals surface area contributed by atoms with Crippen LogP contribution in [0, 0.1) is 5.21 Å². The third kappa shape index (κ3) is 2.75. The van der Waals surface area contributed by atoms with Crippen molar-refractivity contribution in [3.8, 4) is 0 Å². The van der Waals surface area contributed by atoms with Crippen LogP contribution >= 0.6 is 39.5 Å². The first-order chi connectivity index (χ1) is 12.4. The Bertz CT molecular complexity index is 1060. The number of benzene rings is 3. The van der Waals surface area contributed by atoms with Crippen molar-refractivity contribution in [2.75, 3.05) is 10.0 Å². The second-order valence-electron chi connectivity index (χ2n) is 5.62. The summed E-state index contributed by atoms with van der Waals surface area (Å²) in [5, 5.41) is 27.4. The molecule has 9 heteroatoms. The smallest absolute Gasteiger partial charge is 0.459 e. The number of para-hydroxylation sites is 1. The Morgan fingerprint density at radius 3 is 2.81 bits per heavy atom. The standard InChI is InChI=1S/C17H11BrClN3O3S/c18-10-5-1-2-6-12(10)22(24,25)17(23)20-15-11(19)8-9-4-3-7-13-14(9)16(15)21-26-13/h1-8,21,24H,(H,20,23). The Hall–Kier alpha value is -1.81. The quantitative estimate of drug-likeness (QED) is 0.189. The van der Waals surface area contributed by atoms with Crippen LogP contribution in [0.15, 0.2) is 57.9 Å². The van der Waals surface area contributed by atoms with Crippen molar-refractivity contribution in [2.45, 2.75) is 4.90 Å². The summed E-state index contributed by atoms with van der Waals surface area (Å²) in [6.07, 6.45) is 0. The maximum atomic E-state index is 12.6. The summed E-state index contributed by atoms with van der Waals surface area (Å²) in [5.74, 6) is 0. The number of hydrogen-bond donors (Lipinski definition) is 3. The van der Waals surface area contributed by atoms with E-state index in [2.05, 4.69) is 26.0 Å². The number of nitrogens with one attached hydrogen (secondary N) is 2. The predicted octanol–water partition coefficient (Wildman–Crippen LogP) is 6.11. The van der Waals surface area contributed by atoms with Crippen LogP contribution in [0.25, 0.3) is 10.8 Å². The molecule has 1 aliphatic rings. The van der Waals surface area contributed by atoms with E-state index in [1.54, 1.807) is 24.3 Å². The highest BCUT2D eigenvalue weighted by molar-refractivity contribution is 9.10. The molecule has 0 spiro atoms. The number of hydrogen-bond acceptors (Lipinski definition) is 5. The number of halogens is 2. The maximum Gasteiger partial charge on any atom is 0.459 e. The van der Waals surface area contributed by atoms with E-state index in [1.807, 2.05) is 18.2 Å². The van der Waals surface area contributed by atoms with Gasteiger partial charge in [-0.25, -0.2) is 10.0 Å². The maximum absolute atomic E-state index is 12.6. The lowest BCUT2D eigenvalue weighted by Gasteiger charge is -2.30. The molecule has 1 unspecified atom stereocenters. The number of urea groups is 1. The molecule has 6 nitrogen and oxygen atoms in total. The molecule has 132 valence electrons. The first kappa shape index (κ1) is 17.6. The van der Waals surface area contributed by atoms with Crippen molar-refractivity contribution in [3.05, 3.63) is 63.2 Å². The summed E-state index contributed by atoms with van der Waals surface area (Å²) >= 11 is 10.9. The first-order valence-corrected chi connectivity index (χ1v) is 9.46. The number of carbonyl (C=O) groups is 1. The van der Waals surface area contributed by atoms with Crippen LogP contribution in [0.3, 0.4) is 0 Å². The van der Waals surface area contributed by atoms with Gasteiger partial charge in [0.2, 0.25) is 0 Å². The zero-order chi connectivity index (χ0) is 18.5. The van der Waals surface area contributed by atoms with Crippen molar-refractivity contribution < 1.29 is 10.0 Å². The van der Waals surface area contributed by atoms with E-state index >= 15 is 0 Å². The SMILES string of the molecule is O=C(Nc1c(Cl)cc2cccc3c2c1NS3)[N+]([O-])(O)c1ccccc1Br. The molecule has 1 atom stereocenters. The number of hydroxylamine groups is 2. The monoisotopic (exact) mass is 451 g/mol. The third-order valence-electron chi connectivity index (χ3n) is 4.03. The van der Waals surface area contributed by atoms with Gasteiger partial charge in [-0.3, -0.25) is 5.32 Å². The molecule has 3 N–H and O–H groups in total. The molecule has 0 saturated carbocycles. The predicted molar refractivity (Wildman–Crippen MR) is 109 cm³/mol. The van der Waals surface area contributed by atoms with E-state index in [0.717, 1.165) is 15.7 Å². The summed E-state index contributed by atoms with van der Waals surface area (Å²) in [6.45, 7) is 0. The van der Waals surface area contributed by atoms with E-state index in [0.29, 0.717) is 10.2 Å². The van der Waals surface area contributed by atoms with Gasteiger partial charge in [0.25, 0.3) is 0 Å². The van der Waals surface area contributed by atoms with Gasteiger partial charge in [0.1, 0.15) is 0 Å². The Morgan fingerprint density at radius 1 is 1.27 bits per heavy atom. The highest BCUT2D eigenvalue weighted by Gasteiger charge is 2.33. The molecule has 4 rings (SSSR count). The summed E-state index contributed by atoms with van der Waals surface area (Å²) in [5.41, 5.74) is 0.719. The third-order valence-corrected chi connectivity index (χ3v) is 5.86. The zero-order valence-electron chi connectivity index (χ0n) is 13.0. The van der Waals surface area contributed by atoms with Gasteiger partial charge in [0.05, 0.1) is 20.9 Å². The van der Waals surface area contributed by atoms with Gasteiger partial charge in [-0.05, 0) is 51.5 Å². The van der Waals surface area contributed by atoms with Gasteiger partial charge in [0, 0.05) is 16.3 Å². The molecular weight excluding hydrogens is 442 g/mol. The fraction of sp³-hybridized carbons (Fsp3) is 0. The normalized spacial score (nSPS) is 14.8. The molecule has 1 heterocycles. The number of rotatable bonds is 2. The van der Waals surface area contributed by atoms with E-state index < -0.39 is 10.8 Å².